The van der Waals surface area contributed by atoms with Crippen LogP contribution < -0.4 is 10.2 Å². The van der Waals surface area contributed by atoms with Gasteiger partial charge in [-0.15, -0.1) is 0 Å². The van der Waals surface area contributed by atoms with Gasteiger partial charge in [0.05, 0.1) is 5.41 Å². The summed E-state index contributed by atoms with van der Waals surface area (Å²) in [4.78, 5) is 29.9. The lowest BCUT2D eigenvalue weighted by Crippen LogP contribution is -2.53. The van der Waals surface area contributed by atoms with E-state index < -0.39 is 5.41 Å². The standard InChI is InChI=1S/C24H33N3O2/c1-2-27-21-12-5-6-14-24(21,15-13-22(27)28)23(29)25-16-8-18-26-17-7-10-19-9-3-4-11-20(19)26/h3-4,9,11-12H,2,5-8,10,13-18H2,1H3,(H,25,29). The SMILES string of the molecule is CCN1C(=O)CCC2(C(=O)NCCCN3CCCc4ccccc43)CCCC=C12. The van der Waals surface area contributed by atoms with Crippen molar-refractivity contribution in [2.75, 3.05) is 31.1 Å². The lowest BCUT2D eigenvalue weighted by atomic mass is 9.69. The van der Waals surface area contributed by atoms with Crippen LogP contribution in [0.15, 0.2) is 36.0 Å². The number of para-hydroxylation sites is 1. The number of fused-ring (bicyclic) bond motifs is 2. The molecule has 1 aliphatic carbocycles. The maximum absolute atomic E-state index is 13.3. The molecular formula is C24H33N3O2. The molecule has 2 heterocycles. The van der Waals surface area contributed by atoms with Crippen molar-refractivity contribution in [1.29, 1.82) is 0 Å². The van der Waals surface area contributed by atoms with Crippen molar-refractivity contribution in [2.45, 2.75) is 58.3 Å². The molecule has 1 aromatic carbocycles. The molecule has 1 atom stereocenters. The molecule has 2 aliphatic heterocycles. The minimum atomic E-state index is -0.500. The van der Waals surface area contributed by atoms with Crippen LogP contribution >= 0.6 is 0 Å². The predicted octanol–water partition coefficient (Wildman–Crippen LogP) is 3.64. The van der Waals surface area contributed by atoms with Gasteiger partial charge in [-0.25, -0.2) is 0 Å². The highest BCUT2D eigenvalue weighted by Crippen LogP contribution is 2.46. The minimum absolute atomic E-state index is 0.119. The van der Waals surface area contributed by atoms with Crippen LogP contribution in [-0.2, 0) is 16.0 Å². The average Bonchev–Trinajstić information content (AvgIpc) is 2.76. The Kier molecular flexibility index (Phi) is 5.93. The topological polar surface area (TPSA) is 52.7 Å². The quantitative estimate of drug-likeness (QED) is 0.748. The summed E-state index contributed by atoms with van der Waals surface area (Å²) in [5.41, 5.74) is 3.25. The Hall–Kier alpha value is -2.30. The van der Waals surface area contributed by atoms with Crippen LogP contribution in [0.2, 0.25) is 0 Å². The number of hydrogen-bond donors (Lipinski definition) is 1. The molecule has 0 aromatic heterocycles. The van der Waals surface area contributed by atoms with E-state index in [-0.39, 0.29) is 11.8 Å². The molecule has 5 heteroatoms. The fourth-order valence-corrected chi connectivity index (χ4v) is 5.35. The lowest BCUT2D eigenvalue weighted by Gasteiger charge is -2.45. The van der Waals surface area contributed by atoms with Gasteiger partial charge in [-0.05, 0) is 63.5 Å². The maximum Gasteiger partial charge on any atom is 0.232 e. The first kappa shape index (κ1) is 20.0. The predicted molar refractivity (Wildman–Crippen MR) is 116 cm³/mol. The number of aryl methyl sites for hydroxylation is 1. The summed E-state index contributed by atoms with van der Waals surface area (Å²) in [5.74, 6) is 0.279. The molecule has 1 fully saturated rings. The molecule has 0 saturated carbocycles. The van der Waals surface area contributed by atoms with Crippen molar-refractivity contribution in [1.82, 2.24) is 10.2 Å². The van der Waals surface area contributed by atoms with Gasteiger partial charge in [0.2, 0.25) is 11.8 Å². The Balaban J connectivity index is 1.36. The van der Waals surface area contributed by atoms with Gasteiger partial charge in [0.1, 0.15) is 0 Å². The molecule has 2 amide bonds. The molecule has 0 radical (unpaired) electrons. The molecule has 0 spiro atoms. The Labute approximate surface area is 174 Å². The molecule has 1 aromatic rings. The van der Waals surface area contributed by atoms with E-state index in [4.69, 9.17) is 0 Å². The van der Waals surface area contributed by atoms with Crippen LogP contribution in [-0.4, -0.2) is 42.9 Å². The van der Waals surface area contributed by atoms with Crippen LogP contribution in [0, 0.1) is 5.41 Å². The van der Waals surface area contributed by atoms with Crippen molar-refractivity contribution >= 4 is 17.5 Å². The number of hydrogen-bond acceptors (Lipinski definition) is 3. The lowest BCUT2D eigenvalue weighted by molar-refractivity contribution is -0.140. The third kappa shape index (κ3) is 3.79. The Bertz CT molecular complexity index is 803. The van der Waals surface area contributed by atoms with Gasteiger partial charge < -0.3 is 15.1 Å². The molecule has 0 bridgehead atoms. The summed E-state index contributed by atoms with van der Waals surface area (Å²) in [7, 11) is 0. The van der Waals surface area contributed by atoms with Crippen molar-refractivity contribution < 1.29 is 9.59 Å². The second kappa shape index (κ2) is 8.60. The molecule has 3 aliphatic rings. The van der Waals surface area contributed by atoms with Gasteiger partial charge in [0, 0.05) is 44.0 Å². The summed E-state index contributed by atoms with van der Waals surface area (Å²) < 4.78 is 0. The largest absolute Gasteiger partial charge is 0.371 e. The molecule has 5 nitrogen and oxygen atoms in total. The van der Waals surface area contributed by atoms with Crippen molar-refractivity contribution in [2.24, 2.45) is 5.41 Å². The van der Waals surface area contributed by atoms with E-state index in [1.807, 2.05) is 11.8 Å². The molecule has 29 heavy (non-hydrogen) atoms. The number of piperidine rings is 1. The summed E-state index contributed by atoms with van der Waals surface area (Å²) >= 11 is 0. The van der Waals surface area contributed by atoms with E-state index in [1.54, 1.807) is 0 Å². The van der Waals surface area contributed by atoms with Crippen LogP contribution in [0.1, 0.15) is 57.4 Å². The highest BCUT2D eigenvalue weighted by Gasteiger charge is 2.48. The molecule has 1 N–H and O–H groups in total. The van der Waals surface area contributed by atoms with Crippen LogP contribution in [0.3, 0.4) is 0 Å². The summed E-state index contributed by atoms with van der Waals surface area (Å²) in [6.07, 6.45) is 9.39. The van der Waals surface area contributed by atoms with Crippen LogP contribution in [0.5, 0.6) is 0 Å². The van der Waals surface area contributed by atoms with E-state index in [1.165, 1.54) is 17.7 Å². The number of anilines is 1. The van der Waals surface area contributed by atoms with Crippen LogP contribution in [0.4, 0.5) is 5.69 Å². The summed E-state index contributed by atoms with van der Waals surface area (Å²) in [5, 5.41) is 3.22. The van der Waals surface area contributed by atoms with Gasteiger partial charge in [-0.3, -0.25) is 9.59 Å². The van der Waals surface area contributed by atoms with Crippen molar-refractivity contribution in [3.63, 3.8) is 0 Å². The zero-order valence-corrected chi connectivity index (χ0v) is 17.6. The van der Waals surface area contributed by atoms with Gasteiger partial charge in [-0.2, -0.15) is 0 Å². The zero-order chi connectivity index (χ0) is 20.3. The summed E-state index contributed by atoms with van der Waals surface area (Å²) in [6.45, 7) is 5.39. The number of amides is 2. The number of carbonyl (C=O) groups is 2. The Morgan fingerprint density at radius 2 is 2.03 bits per heavy atom. The number of likely N-dealkylation sites (tertiary alicyclic amines) is 1. The first-order chi connectivity index (χ1) is 14.2. The van der Waals surface area contributed by atoms with Crippen molar-refractivity contribution in [3.05, 3.63) is 41.6 Å². The third-order valence-corrected chi connectivity index (χ3v) is 6.84. The number of nitrogens with one attached hydrogen (secondary N) is 1. The number of nitrogens with zero attached hydrogens (tertiary/aromatic N) is 2. The fourth-order valence-electron chi connectivity index (χ4n) is 5.35. The highest BCUT2D eigenvalue weighted by atomic mass is 16.2. The highest BCUT2D eigenvalue weighted by molar-refractivity contribution is 5.91. The maximum atomic E-state index is 13.3. The molecular weight excluding hydrogens is 362 g/mol. The second-order valence-electron chi connectivity index (χ2n) is 8.53. The number of rotatable bonds is 6. The molecule has 1 saturated heterocycles. The molecule has 1 unspecified atom stereocenters. The Morgan fingerprint density at radius 1 is 1.17 bits per heavy atom. The average molecular weight is 396 g/mol. The smallest absolute Gasteiger partial charge is 0.232 e. The van der Waals surface area contributed by atoms with E-state index in [2.05, 4.69) is 40.6 Å². The fraction of sp³-hybridized carbons (Fsp3) is 0.583. The zero-order valence-electron chi connectivity index (χ0n) is 17.6. The van der Waals surface area contributed by atoms with Crippen molar-refractivity contribution in [3.8, 4) is 0 Å². The van der Waals surface area contributed by atoms with E-state index in [0.29, 0.717) is 25.9 Å². The number of carbonyl (C=O) groups excluding carboxylic acids is 2. The van der Waals surface area contributed by atoms with Gasteiger partial charge in [0.15, 0.2) is 0 Å². The normalized spacial score (nSPS) is 23.9. The van der Waals surface area contributed by atoms with Gasteiger partial charge >= 0.3 is 0 Å². The van der Waals surface area contributed by atoms with Gasteiger partial charge in [0.25, 0.3) is 0 Å². The van der Waals surface area contributed by atoms with E-state index >= 15 is 0 Å². The van der Waals surface area contributed by atoms with Gasteiger partial charge in [-0.1, -0.05) is 24.3 Å². The first-order valence-electron chi connectivity index (χ1n) is 11.3. The number of allylic oxidation sites excluding steroid dienone is 1. The monoisotopic (exact) mass is 395 g/mol. The molecule has 4 rings (SSSR count). The number of benzene rings is 1. The van der Waals surface area contributed by atoms with E-state index in [9.17, 15) is 9.59 Å². The minimum Gasteiger partial charge on any atom is -0.371 e. The second-order valence-corrected chi connectivity index (χ2v) is 8.53. The third-order valence-electron chi connectivity index (χ3n) is 6.84. The first-order valence-corrected chi connectivity index (χ1v) is 11.3. The summed E-state index contributed by atoms with van der Waals surface area (Å²) in [6, 6.07) is 8.66. The van der Waals surface area contributed by atoms with Crippen LogP contribution in [0.25, 0.3) is 0 Å². The van der Waals surface area contributed by atoms with E-state index in [0.717, 1.165) is 50.9 Å². The molecule has 156 valence electrons. The Morgan fingerprint density at radius 3 is 2.90 bits per heavy atom.